The van der Waals surface area contributed by atoms with Crippen LogP contribution in [0.5, 0.6) is 17.2 Å². The van der Waals surface area contributed by atoms with Crippen LogP contribution in [-0.2, 0) is 32.6 Å². The van der Waals surface area contributed by atoms with E-state index >= 15 is 0 Å². The van der Waals surface area contributed by atoms with Crippen LogP contribution in [0.3, 0.4) is 0 Å². The minimum atomic E-state index is -3.96. The highest BCUT2D eigenvalue weighted by atomic mass is 32.2. The topological polar surface area (TPSA) is 114 Å². The number of hydrogen-bond acceptors (Lipinski definition) is 7. The van der Waals surface area contributed by atoms with Crippen molar-refractivity contribution in [2.24, 2.45) is 5.92 Å². The molecule has 0 aliphatic carbocycles. The number of nitrogens with one attached hydrogen (secondary N) is 1. The summed E-state index contributed by atoms with van der Waals surface area (Å²) in [5, 5.41) is 2.97. The summed E-state index contributed by atoms with van der Waals surface area (Å²) in [5.74, 6) is 0.562. The number of anilines is 1. The molecule has 0 spiro atoms. The molecule has 0 bridgehead atoms. The van der Waals surface area contributed by atoms with E-state index in [0.717, 1.165) is 21.7 Å². The Bertz CT molecular complexity index is 1480. The Morgan fingerprint density at radius 2 is 1.49 bits per heavy atom. The number of ether oxygens (including phenoxy) is 3. The average Bonchev–Trinajstić information content (AvgIpc) is 3.00. The van der Waals surface area contributed by atoms with Gasteiger partial charge in [-0.1, -0.05) is 56.3 Å². The Morgan fingerprint density at radius 3 is 2.09 bits per heavy atom. The summed E-state index contributed by atoms with van der Waals surface area (Å²) in [7, 11) is 0.477. The Kier molecular flexibility index (Phi) is 11.8. The van der Waals surface area contributed by atoms with Crippen LogP contribution in [0, 0.1) is 5.92 Å². The second-order valence-electron chi connectivity index (χ2n) is 10.5. The summed E-state index contributed by atoms with van der Waals surface area (Å²) < 4.78 is 43.3. The van der Waals surface area contributed by atoms with Crippen LogP contribution in [-0.4, -0.2) is 71.8 Å². The molecule has 232 valence electrons. The zero-order chi connectivity index (χ0) is 31.6. The molecule has 10 nitrogen and oxygen atoms in total. The van der Waals surface area contributed by atoms with Gasteiger partial charge in [0.1, 0.15) is 29.8 Å². The first kappa shape index (κ1) is 33.3. The monoisotopic (exact) mass is 611 g/mol. The fraction of sp³-hybridized carbons (Fsp3) is 0.375. The molecule has 3 aromatic carbocycles. The van der Waals surface area contributed by atoms with Gasteiger partial charge in [0, 0.05) is 25.6 Å². The molecular weight excluding hydrogens is 570 g/mol. The summed E-state index contributed by atoms with van der Waals surface area (Å²) in [6.45, 7) is 3.87. The fourth-order valence-corrected chi connectivity index (χ4v) is 5.38. The molecule has 3 rings (SSSR count). The summed E-state index contributed by atoms with van der Waals surface area (Å²) in [6, 6.07) is 20.3. The first-order chi connectivity index (χ1) is 20.5. The molecule has 0 unspecified atom stereocenters. The third-order valence-corrected chi connectivity index (χ3v) is 7.90. The number of carbonyl (C=O) groups excluding carboxylic acids is 2. The van der Waals surface area contributed by atoms with Crippen molar-refractivity contribution in [2.75, 3.05) is 45.0 Å². The van der Waals surface area contributed by atoms with E-state index in [1.165, 1.54) is 25.2 Å². The highest BCUT2D eigenvalue weighted by Crippen LogP contribution is 2.34. The third kappa shape index (κ3) is 9.37. The molecule has 0 heterocycles. The maximum absolute atomic E-state index is 14.3. The molecule has 11 heteroatoms. The van der Waals surface area contributed by atoms with Crippen LogP contribution >= 0.6 is 0 Å². The molecule has 0 aliphatic rings. The van der Waals surface area contributed by atoms with Crippen LogP contribution in [0.1, 0.15) is 25.0 Å². The van der Waals surface area contributed by atoms with Gasteiger partial charge in [-0.3, -0.25) is 13.9 Å². The van der Waals surface area contributed by atoms with Gasteiger partial charge >= 0.3 is 0 Å². The molecule has 0 radical (unpaired) electrons. The lowest BCUT2D eigenvalue weighted by atomic mass is 10.0. The molecule has 0 saturated carbocycles. The molecule has 0 aliphatic heterocycles. The standard InChI is InChI=1S/C32H41N3O7S/c1-23(2)20-33-32(37)29(18-24-11-8-7-9-12-24)34(21-25-13-10-14-26(17-25)40-3)31(36)22-35(43(6,38)39)28-16-15-27(41-4)19-30(28)42-5/h7-17,19,23,29H,18,20-22H2,1-6H3,(H,33,37)/t29-/m0/s1. The number of carbonyl (C=O) groups is 2. The van der Waals surface area contributed by atoms with E-state index < -0.39 is 28.5 Å². The van der Waals surface area contributed by atoms with Crippen molar-refractivity contribution in [3.8, 4) is 17.2 Å². The highest BCUT2D eigenvalue weighted by molar-refractivity contribution is 7.92. The minimum Gasteiger partial charge on any atom is -0.497 e. The Morgan fingerprint density at radius 1 is 0.837 bits per heavy atom. The van der Waals surface area contributed by atoms with Crippen LogP contribution in [0.25, 0.3) is 0 Å². The largest absolute Gasteiger partial charge is 0.497 e. The van der Waals surface area contributed by atoms with Crippen molar-refractivity contribution in [1.29, 1.82) is 0 Å². The van der Waals surface area contributed by atoms with Crippen molar-refractivity contribution >= 4 is 27.5 Å². The quantitative estimate of drug-likeness (QED) is 0.277. The van der Waals surface area contributed by atoms with Gasteiger partial charge in [0.05, 0.1) is 33.3 Å². The fourth-order valence-electron chi connectivity index (χ4n) is 4.53. The lowest BCUT2D eigenvalue weighted by molar-refractivity contribution is -0.140. The zero-order valence-corrected chi connectivity index (χ0v) is 26.4. The van der Waals surface area contributed by atoms with E-state index in [-0.39, 0.29) is 36.2 Å². The van der Waals surface area contributed by atoms with Gasteiger partial charge in [-0.05, 0) is 41.3 Å². The third-order valence-electron chi connectivity index (χ3n) is 6.78. The number of methoxy groups -OCH3 is 3. The molecule has 0 aromatic heterocycles. The lowest BCUT2D eigenvalue weighted by Gasteiger charge is -2.34. The molecule has 2 amide bonds. The van der Waals surface area contributed by atoms with Gasteiger partial charge in [0.25, 0.3) is 0 Å². The zero-order valence-electron chi connectivity index (χ0n) is 25.6. The minimum absolute atomic E-state index is 0.0416. The Hall–Kier alpha value is -4.25. The van der Waals surface area contributed by atoms with Crippen molar-refractivity contribution in [3.63, 3.8) is 0 Å². The number of nitrogens with zero attached hydrogens (tertiary/aromatic N) is 2. The average molecular weight is 612 g/mol. The van der Waals surface area contributed by atoms with E-state index in [1.807, 2.05) is 50.2 Å². The summed E-state index contributed by atoms with van der Waals surface area (Å²) in [6.07, 6.45) is 1.25. The smallest absolute Gasteiger partial charge is 0.244 e. The molecule has 1 N–H and O–H groups in total. The predicted molar refractivity (Wildman–Crippen MR) is 167 cm³/mol. The molecule has 0 fully saturated rings. The second kappa shape index (κ2) is 15.3. The van der Waals surface area contributed by atoms with E-state index in [0.29, 0.717) is 18.0 Å². The molecule has 43 heavy (non-hydrogen) atoms. The van der Waals surface area contributed by atoms with Crippen LogP contribution in [0.15, 0.2) is 72.8 Å². The first-order valence-electron chi connectivity index (χ1n) is 13.9. The summed E-state index contributed by atoms with van der Waals surface area (Å²) >= 11 is 0. The van der Waals surface area contributed by atoms with Gasteiger partial charge < -0.3 is 24.4 Å². The van der Waals surface area contributed by atoms with Crippen molar-refractivity contribution in [1.82, 2.24) is 10.2 Å². The summed E-state index contributed by atoms with van der Waals surface area (Å²) in [5.41, 5.74) is 1.74. The van der Waals surface area contributed by atoms with E-state index in [2.05, 4.69) is 5.32 Å². The van der Waals surface area contributed by atoms with Gasteiger partial charge in [0.2, 0.25) is 21.8 Å². The lowest BCUT2D eigenvalue weighted by Crippen LogP contribution is -2.53. The molecule has 0 saturated heterocycles. The SMILES string of the molecule is COc1cccc(CN(C(=O)CN(c2ccc(OC)cc2OC)S(C)(=O)=O)[C@@H](Cc2ccccc2)C(=O)NCC(C)C)c1. The maximum atomic E-state index is 14.3. The molecule has 1 atom stereocenters. The second-order valence-corrected chi connectivity index (χ2v) is 12.4. The Labute approximate surface area is 254 Å². The normalized spacial score (nSPS) is 11.9. The van der Waals surface area contributed by atoms with E-state index in [4.69, 9.17) is 14.2 Å². The predicted octanol–water partition coefficient (Wildman–Crippen LogP) is 3.89. The Balaban J connectivity index is 2.10. The van der Waals surface area contributed by atoms with Crippen molar-refractivity contribution in [2.45, 2.75) is 32.9 Å². The number of sulfonamides is 1. The highest BCUT2D eigenvalue weighted by Gasteiger charge is 2.34. The number of rotatable bonds is 15. The van der Waals surface area contributed by atoms with Gasteiger partial charge in [-0.15, -0.1) is 0 Å². The van der Waals surface area contributed by atoms with E-state index in [1.54, 1.807) is 37.4 Å². The number of hydrogen-bond donors (Lipinski definition) is 1. The maximum Gasteiger partial charge on any atom is 0.244 e. The van der Waals surface area contributed by atoms with Gasteiger partial charge in [-0.2, -0.15) is 0 Å². The molecule has 3 aromatic rings. The van der Waals surface area contributed by atoms with Gasteiger partial charge in [-0.25, -0.2) is 8.42 Å². The van der Waals surface area contributed by atoms with Crippen molar-refractivity contribution in [3.05, 3.63) is 83.9 Å². The van der Waals surface area contributed by atoms with Crippen LogP contribution in [0.2, 0.25) is 0 Å². The summed E-state index contributed by atoms with van der Waals surface area (Å²) in [4.78, 5) is 29.4. The van der Waals surface area contributed by atoms with Crippen LogP contribution in [0.4, 0.5) is 5.69 Å². The van der Waals surface area contributed by atoms with Crippen molar-refractivity contribution < 1.29 is 32.2 Å². The number of benzene rings is 3. The van der Waals surface area contributed by atoms with E-state index in [9.17, 15) is 18.0 Å². The molecular formula is C32H41N3O7S. The first-order valence-corrected chi connectivity index (χ1v) is 15.7. The number of amides is 2. The van der Waals surface area contributed by atoms with Crippen LogP contribution < -0.4 is 23.8 Å². The van der Waals surface area contributed by atoms with Gasteiger partial charge in [0.15, 0.2) is 0 Å².